The van der Waals surface area contributed by atoms with Crippen molar-refractivity contribution in [2.75, 3.05) is 52.4 Å². The second-order valence-electron chi connectivity index (χ2n) is 18.8. The fourth-order valence-corrected chi connectivity index (χ4v) is 10.4. The number of hydrogen-bond donors (Lipinski definition) is 6. The number of fused-ring (bicyclic) bond motifs is 5. The van der Waals surface area contributed by atoms with E-state index in [9.17, 15) is 48.3 Å². The maximum Gasteiger partial charge on any atom is 0.343 e. The number of aliphatic hydroxyl groups is 1. The third kappa shape index (κ3) is 11.9. The highest BCUT2D eigenvalue weighted by molar-refractivity contribution is 8.03. The lowest BCUT2D eigenvalue weighted by Crippen LogP contribution is -2.52. The van der Waals surface area contributed by atoms with E-state index in [1.165, 1.54) is 33.4 Å². The van der Waals surface area contributed by atoms with Crippen LogP contribution in [0, 0.1) is 12.7 Å². The fraction of sp³-hybridized carbons (Fsp3) is 0.434. The highest BCUT2D eigenvalue weighted by atomic mass is 32.2. The number of carbonyl (C=O) groups excluding carboxylic acids is 8. The number of pyridine rings is 2. The van der Waals surface area contributed by atoms with Gasteiger partial charge in [0.15, 0.2) is 5.60 Å². The van der Waals surface area contributed by atoms with Crippen LogP contribution in [0.15, 0.2) is 58.2 Å². The van der Waals surface area contributed by atoms with Crippen molar-refractivity contribution in [2.45, 2.75) is 96.1 Å². The van der Waals surface area contributed by atoms with Crippen molar-refractivity contribution in [1.82, 2.24) is 41.0 Å². The number of esters is 1. The molecule has 0 radical (unpaired) electrons. The van der Waals surface area contributed by atoms with Gasteiger partial charge >= 0.3 is 5.97 Å². The highest BCUT2D eigenvalue weighted by Crippen LogP contribution is 2.47. The summed E-state index contributed by atoms with van der Waals surface area (Å²) >= 11 is 1.21. The van der Waals surface area contributed by atoms with Gasteiger partial charge in [-0.05, 0) is 73.6 Å². The molecule has 0 saturated heterocycles. The second kappa shape index (κ2) is 24.1. The monoisotopic (exact) mass is 1070 g/mol. The smallest absolute Gasteiger partial charge is 0.343 e. The lowest BCUT2D eigenvalue weighted by atomic mass is 9.82. The van der Waals surface area contributed by atoms with Gasteiger partial charge in [-0.1, -0.05) is 43.7 Å². The molecule has 4 aliphatic rings. The number of aryl methyl sites for hydroxylation is 1. The van der Waals surface area contributed by atoms with E-state index < -0.39 is 78.4 Å². The number of halogens is 1. The standard InChI is InChI=1S/C53H59FN8O13S/c1-4-53(72)34-20-38-48-32(26-62(38)50(69)33(34)27-75-52(53)71)47-39(15-14-31-29(2)35(54)21-36(60-48)46(31)47)74-18-17-73-28-58-43(65)24-57-49(68)37(19-30-11-7-5-8-12-30)59-44(66)25-56-42(64)23-55-41(63)13-9-6-10-16-61-45(67)22-40(76-3)51(61)70/h5,7-8,11-12,20-22,37,39,72H,4,6,9-10,13-19,23-28H2,1-3H3,(H,55,63)(H,56,64)(H,57,68)(H,58,65)(H,59,66)/t37-,39-,53-/m0/s1. The summed E-state index contributed by atoms with van der Waals surface area (Å²) in [4.78, 5) is 121. The number of imide groups is 1. The van der Waals surface area contributed by atoms with Gasteiger partial charge in [-0.15, -0.1) is 11.8 Å². The molecule has 76 heavy (non-hydrogen) atoms. The minimum absolute atomic E-state index is 0.0211. The maximum atomic E-state index is 15.3. The van der Waals surface area contributed by atoms with E-state index in [0.717, 1.165) is 16.5 Å². The number of hydrogen-bond acceptors (Lipinski definition) is 15. The number of nitrogens with one attached hydrogen (secondary N) is 5. The zero-order valence-corrected chi connectivity index (χ0v) is 43.1. The van der Waals surface area contributed by atoms with Crippen molar-refractivity contribution in [3.05, 3.63) is 109 Å². The first-order chi connectivity index (χ1) is 36.5. The third-order valence-electron chi connectivity index (χ3n) is 14.0. The number of unbranched alkanes of at least 4 members (excludes halogenated alkanes) is 2. The largest absolute Gasteiger partial charge is 0.458 e. The summed E-state index contributed by atoms with van der Waals surface area (Å²) in [5.74, 6) is -4.90. The highest BCUT2D eigenvalue weighted by Gasteiger charge is 2.46. The number of nitrogens with zero attached hydrogens (tertiary/aromatic N) is 3. The summed E-state index contributed by atoms with van der Waals surface area (Å²) in [5, 5.41) is 24.7. The number of cyclic esters (lactones) is 1. The van der Waals surface area contributed by atoms with E-state index in [0.29, 0.717) is 70.6 Å². The predicted octanol–water partition coefficient (Wildman–Crippen LogP) is 1.87. The van der Waals surface area contributed by atoms with Crippen LogP contribution >= 0.6 is 11.8 Å². The molecule has 0 bridgehead atoms. The molecular formula is C53H59FN8O13S. The number of ether oxygens (including phenoxy) is 3. The Morgan fingerprint density at radius 3 is 2.41 bits per heavy atom. The van der Waals surface area contributed by atoms with Crippen LogP contribution in [0.4, 0.5) is 4.39 Å². The number of amides is 7. The lowest BCUT2D eigenvalue weighted by Gasteiger charge is -2.31. The van der Waals surface area contributed by atoms with Crippen molar-refractivity contribution in [3.8, 4) is 11.4 Å². The Morgan fingerprint density at radius 2 is 1.66 bits per heavy atom. The molecule has 0 fully saturated rings. The Morgan fingerprint density at radius 1 is 0.921 bits per heavy atom. The molecule has 0 spiro atoms. The maximum absolute atomic E-state index is 15.3. The molecule has 23 heteroatoms. The van der Waals surface area contributed by atoms with E-state index in [-0.39, 0.29) is 87.8 Å². The summed E-state index contributed by atoms with van der Waals surface area (Å²) in [6.45, 7) is 1.98. The molecule has 3 aliphatic heterocycles. The number of benzene rings is 2. The first-order valence-corrected chi connectivity index (χ1v) is 26.3. The summed E-state index contributed by atoms with van der Waals surface area (Å²) in [5.41, 5.74) is 2.57. The molecule has 402 valence electrons. The predicted molar refractivity (Wildman–Crippen MR) is 273 cm³/mol. The van der Waals surface area contributed by atoms with E-state index in [4.69, 9.17) is 19.2 Å². The van der Waals surface area contributed by atoms with Gasteiger partial charge in [-0.25, -0.2) is 14.2 Å². The molecule has 6 N–H and O–H groups in total. The van der Waals surface area contributed by atoms with Crippen molar-refractivity contribution in [3.63, 3.8) is 0 Å². The molecule has 7 amide bonds. The Balaban J connectivity index is 0.781. The van der Waals surface area contributed by atoms with Gasteiger partial charge in [0, 0.05) is 48.0 Å². The summed E-state index contributed by atoms with van der Waals surface area (Å²) in [6.07, 6.45) is 5.23. The Bertz CT molecular complexity index is 3090. The average molecular weight is 1070 g/mol. The van der Waals surface area contributed by atoms with Crippen LogP contribution in [0.2, 0.25) is 0 Å². The summed E-state index contributed by atoms with van der Waals surface area (Å²) < 4.78 is 34.2. The summed E-state index contributed by atoms with van der Waals surface area (Å²) in [7, 11) is 0. The quantitative estimate of drug-likeness (QED) is 0.0223. The molecular weight excluding hydrogens is 1010 g/mol. The van der Waals surface area contributed by atoms with Crippen molar-refractivity contribution in [1.29, 1.82) is 0 Å². The molecule has 0 saturated carbocycles. The van der Waals surface area contributed by atoms with Gasteiger partial charge in [0.25, 0.3) is 17.4 Å². The lowest BCUT2D eigenvalue weighted by molar-refractivity contribution is -0.172. The van der Waals surface area contributed by atoms with Crippen molar-refractivity contribution >= 4 is 70.0 Å². The first kappa shape index (κ1) is 54.9. The summed E-state index contributed by atoms with van der Waals surface area (Å²) in [6, 6.07) is 10.7. The molecule has 1 aliphatic carbocycles. The second-order valence-corrected chi connectivity index (χ2v) is 19.6. The number of carbonyl (C=O) groups is 8. The van der Waals surface area contributed by atoms with Crippen molar-refractivity contribution < 1.29 is 62.1 Å². The van der Waals surface area contributed by atoms with Gasteiger partial charge < -0.3 is 50.5 Å². The molecule has 2 aromatic carbocycles. The number of thioether (sulfide) groups is 1. The fourth-order valence-electron chi connectivity index (χ4n) is 9.87. The van der Waals surface area contributed by atoms with Gasteiger partial charge in [-0.2, -0.15) is 0 Å². The molecule has 8 rings (SSSR count). The van der Waals surface area contributed by atoms with Crippen LogP contribution in [0.1, 0.15) is 90.5 Å². The Hall–Kier alpha value is -7.34. The molecule has 4 aromatic rings. The van der Waals surface area contributed by atoms with Gasteiger partial charge in [0.2, 0.25) is 29.5 Å². The minimum atomic E-state index is -2.02. The van der Waals surface area contributed by atoms with Gasteiger partial charge in [-0.3, -0.25) is 43.3 Å². The van der Waals surface area contributed by atoms with Crippen LogP contribution < -0.4 is 32.1 Å². The Labute approximate surface area is 440 Å². The SMILES string of the molecule is CC[C@@]1(O)C(=O)OCc2c1cc1n(c2=O)Cc2c-1nc1cc(F)c(C)c3c1c2[C@@H](OCCOCNC(=O)CNC(=O)[C@H](Cc1ccccc1)NC(=O)CNC(=O)CNC(=O)CCCCCN1C(=O)C=C(SC)C1=O)CC3. The molecule has 0 unspecified atom stereocenters. The zero-order chi connectivity index (χ0) is 54.3. The average Bonchev–Trinajstić information content (AvgIpc) is 3.93. The molecule has 2 aromatic heterocycles. The van der Waals surface area contributed by atoms with Crippen LogP contribution in [0.5, 0.6) is 0 Å². The van der Waals surface area contributed by atoms with Gasteiger partial charge in [0.05, 0.1) is 72.9 Å². The minimum Gasteiger partial charge on any atom is -0.458 e. The van der Waals surface area contributed by atoms with Crippen LogP contribution in [0.25, 0.3) is 22.3 Å². The number of rotatable bonds is 24. The van der Waals surface area contributed by atoms with E-state index in [1.807, 2.05) is 0 Å². The van der Waals surface area contributed by atoms with E-state index in [1.54, 1.807) is 56.5 Å². The topological polar surface area (TPSA) is 283 Å². The van der Waals surface area contributed by atoms with Gasteiger partial charge in [0.1, 0.15) is 25.2 Å². The van der Waals surface area contributed by atoms with Crippen molar-refractivity contribution in [2.24, 2.45) is 0 Å². The van der Waals surface area contributed by atoms with Crippen LogP contribution in [-0.4, -0.2) is 125 Å². The number of aromatic nitrogens is 2. The zero-order valence-electron chi connectivity index (χ0n) is 42.3. The van der Waals surface area contributed by atoms with Crippen LogP contribution in [0.3, 0.4) is 0 Å². The normalized spacial score (nSPS) is 17.5. The first-order valence-electron chi connectivity index (χ1n) is 25.1. The van der Waals surface area contributed by atoms with E-state index in [2.05, 4.69) is 26.6 Å². The molecule has 3 atom stereocenters. The molecule has 5 heterocycles. The van der Waals surface area contributed by atoms with Crippen LogP contribution in [-0.2, 0) is 84.2 Å². The third-order valence-corrected chi connectivity index (χ3v) is 14.7. The molecule has 21 nitrogen and oxygen atoms in total. The van der Waals surface area contributed by atoms with E-state index >= 15 is 4.39 Å². The Kier molecular flexibility index (Phi) is 17.4.